The fourth-order valence-electron chi connectivity index (χ4n) is 4.00. The Labute approximate surface area is 113 Å². The van der Waals surface area contributed by atoms with E-state index >= 15 is 0 Å². The first kappa shape index (κ1) is 11.5. The molecule has 1 saturated heterocycles. The van der Waals surface area contributed by atoms with Crippen molar-refractivity contribution in [3.8, 4) is 0 Å². The molecule has 1 aliphatic heterocycles. The van der Waals surface area contributed by atoms with E-state index in [2.05, 4.69) is 40.3 Å². The van der Waals surface area contributed by atoms with Crippen LogP contribution in [0.15, 0.2) is 30.5 Å². The number of aromatic nitrogens is 1. The molecule has 3 nitrogen and oxygen atoms in total. The van der Waals surface area contributed by atoms with Crippen LogP contribution in [0.5, 0.6) is 0 Å². The number of para-hydroxylation sites is 1. The minimum Gasteiger partial charge on any atom is -0.393 e. The van der Waals surface area contributed by atoms with E-state index < -0.39 is 0 Å². The highest BCUT2D eigenvalue weighted by Gasteiger charge is 2.40. The first-order valence-corrected chi connectivity index (χ1v) is 7.25. The summed E-state index contributed by atoms with van der Waals surface area (Å²) in [5, 5.41) is 11.0. The summed E-state index contributed by atoms with van der Waals surface area (Å²) >= 11 is 0. The van der Waals surface area contributed by atoms with Gasteiger partial charge in [-0.15, -0.1) is 0 Å². The SMILES string of the molecule is OC1C[C@@H]2CN(Cc3c[nH]c4ccccc34)C[C@@H]2C1. The summed E-state index contributed by atoms with van der Waals surface area (Å²) in [7, 11) is 0. The van der Waals surface area contributed by atoms with Gasteiger partial charge < -0.3 is 10.1 Å². The Morgan fingerprint density at radius 3 is 2.68 bits per heavy atom. The summed E-state index contributed by atoms with van der Waals surface area (Å²) in [4.78, 5) is 5.91. The summed E-state index contributed by atoms with van der Waals surface area (Å²) in [5.74, 6) is 1.44. The van der Waals surface area contributed by atoms with Crippen molar-refractivity contribution in [3.63, 3.8) is 0 Å². The van der Waals surface area contributed by atoms with Crippen LogP contribution in [0.2, 0.25) is 0 Å². The van der Waals surface area contributed by atoms with Crippen molar-refractivity contribution in [3.05, 3.63) is 36.0 Å². The smallest absolute Gasteiger partial charge is 0.0546 e. The largest absolute Gasteiger partial charge is 0.393 e. The highest BCUT2D eigenvalue weighted by molar-refractivity contribution is 5.82. The van der Waals surface area contributed by atoms with E-state index in [4.69, 9.17) is 0 Å². The quantitative estimate of drug-likeness (QED) is 0.866. The zero-order valence-corrected chi connectivity index (χ0v) is 11.0. The molecule has 1 saturated carbocycles. The van der Waals surface area contributed by atoms with E-state index in [0.717, 1.165) is 44.3 Å². The average Bonchev–Trinajstić information content (AvgIpc) is 3.03. The van der Waals surface area contributed by atoms with E-state index in [-0.39, 0.29) is 6.10 Å². The normalized spacial score (nSPS) is 31.1. The molecule has 0 spiro atoms. The molecule has 2 aromatic rings. The first-order valence-electron chi connectivity index (χ1n) is 7.25. The number of benzene rings is 1. The van der Waals surface area contributed by atoms with Gasteiger partial charge in [0, 0.05) is 36.7 Å². The second-order valence-electron chi connectivity index (χ2n) is 6.20. The third kappa shape index (κ3) is 1.97. The number of rotatable bonds is 2. The molecule has 100 valence electrons. The zero-order valence-electron chi connectivity index (χ0n) is 11.0. The summed E-state index contributed by atoms with van der Waals surface area (Å²) < 4.78 is 0. The Hall–Kier alpha value is -1.32. The standard InChI is InChI=1S/C16H20N2O/c19-14-5-11-8-18(9-12(11)6-14)10-13-7-17-16-4-2-1-3-15(13)16/h1-4,7,11-12,14,17,19H,5-6,8-10H2/t11-,12+,14?. The fraction of sp³-hybridized carbons (Fsp3) is 0.500. The number of H-pyrrole nitrogens is 1. The van der Waals surface area contributed by atoms with Gasteiger partial charge in [-0.05, 0) is 36.3 Å². The van der Waals surface area contributed by atoms with Crippen molar-refractivity contribution >= 4 is 10.9 Å². The van der Waals surface area contributed by atoms with Gasteiger partial charge >= 0.3 is 0 Å². The molecule has 2 aliphatic rings. The Kier molecular flexibility index (Phi) is 2.64. The minimum absolute atomic E-state index is 0.0368. The molecule has 0 radical (unpaired) electrons. The number of nitrogens with one attached hydrogen (secondary N) is 1. The minimum atomic E-state index is -0.0368. The number of aliphatic hydroxyl groups is 1. The van der Waals surface area contributed by atoms with E-state index in [1.54, 1.807) is 0 Å². The van der Waals surface area contributed by atoms with Crippen molar-refractivity contribution in [1.82, 2.24) is 9.88 Å². The zero-order chi connectivity index (χ0) is 12.8. The maximum Gasteiger partial charge on any atom is 0.0546 e. The first-order chi connectivity index (χ1) is 9.29. The van der Waals surface area contributed by atoms with Crippen LogP contribution < -0.4 is 0 Å². The van der Waals surface area contributed by atoms with Gasteiger partial charge in [-0.25, -0.2) is 0 Å². The highest BCUT2D eigenvalue weighted by Crippen LogP contribution is 2.38. The molecule has 1 aromatic heterocycles. The van der Waals surface area contributed by atoms with Gasteiger partial charge in [-0.3, -0.25) is 4.90 Å². The predicted octanol–water partition coefficient (Wildman–Crippen LogP) is 2.37. The molecule has 1 unspecified atom stereocenters. The highest BCUT2D eigenvalue weighted by atomic mass is 16.3. The topological polar surface area (TPSA) is 39.3 Å². The van der Waals surface area contributed by atoms with E-state index in [9.17, 15) is 5.11 Å². The maximum atomic E-state index is 9.70. The monoisotopic (exact) mass is 256 g/mol. The Bertz CT molecular complexity index is 577. The van der Waals surface area contributed by atoms with Crippen LogP contribution in [-0.4, -0.2) is 34.2 Å². The lowest BCUT2D eigenvalue weighted by Gasteiger charge is -2.17. The number of fused-ring (bicyclic) bond motifs is 2. The third-order valence-electron chi connectivity index (χ3n) is 4.87. The number of hydrogen-bond acceptors (Lipinski definition) is 2. The van der Waals surface area contributed by atoms with Gasteiger partial charge in [0.05, 0.1) is 6.10 Å². The van der Waals surface area contributed by atoms with Crippen LogP contribution in [0, 0.1) is 11.8 Å². The second-order valence-corrected chi connectivity index (χ2v) is 6.20. The molecule has 3 heteroatoms. The lowest BCUT2D eigenvalue weighted by atomic mass is 10.0. The molecule has 1 aromatic carbocycles. The summed E-state index contributed by atoms with van der Waals surface area (Å²) in [6, 6.07) is 8.51. The maximum absolute atomic E-state index is 9.70. The summed E-state index contributed by atoms with van der Waals surface area (Å²) in [6.45, 7) is 3.34. The molecule has 2 N–H and O–H groups in total. The molecule has 19 heavy (non-hydrogen) atoms. The molecule has 3 atom stereocenters. The van der Waals surface area contributed by atoms with Gasteiger partial charge in [0.1, 0.15) is 0 Å². The number of aromatic amines is 1. The summed E-state index contributed by atoms with van der Waals surface area (Å²) in [5.41, 5.74) is 2.63. The van der Waals surface area contributed by atoms with Crippen molar-refractivity contribution in [2.45, 2.75) is 25.5 Å². The predicted molar refractivity (Wildman–Crippen MR) is 75.8 cm³/mol. The van der Waals surface area contributed by atoms with Gasteiger partial charge in [-0.1, -0.05) is 18.2 Å². The lowest BCUT2D eigenvalue weighted by molar-refractivity contribution is 0.161. The average molecular weight is 256 g/mol. The molecule has 2 heterocycles. The summed E-state index contributed by atoms with van der Waals surface area (Å²) in [6.07, 6.45) is 4.13. The van der Waals surface area contributed by atoms with E-state index in [1.807, 2.05) is 0 Å². The van der Waals surface area contributed by atoms with E-state index in [1.165, 1.54) is 16.5 Å². The van der Waals surface area contributed by atoms with E-state index in [0.29, 0.717) is 0 Å². The second kappa shape index (κ2) is 4.36. The van der Waals surface area contributed by atoms with Crippen molar-refractivity contribution in [1.29, 1.82) is 0 Å². The van der Waals surface area contributed by atoms with Gasteiger partial charge in [0.15, 0.2) is 0 Å². The van der Waals surface area contributed by atoms with Gasteiger partial charge in [0.25, 0.3) is 0 Å². The Morgan fingerprint density at radius 1 is 1.16 bits per heavy atom. The number of nitrogens with zero attached hydrogens (tertiary/aromatic N) is 1. The van der Waals surface area contributed by atoms with Gasteiger partial charge in [0.2, 0.25) is 0 Å². The van der Waals surface area contributed by atoms with Crippen LogP contribution in [0.3, 0.4) is 0 Å². The van der Waals surface area contributed by atoms with Crippen molar-refractivity contribution < 1.29 is 5.11 Å². The third-order valence-corrected chi connectivity index (χ3v) is 4.87. The van der Waals surface area contributed by atoms with Crippen LogP contribution >= 0.6 is 0 Å². The van der Waals surface area contributed by atoms with Crippen LogP contribution in [0.25, 0.3) is 10.9 Å². The molecule has 0 bridgehead atoms. The lowest BCUT2D eigenvalue weighted by Crippen LogP contribution is -2.22. The van der Waals surface area contributed by atoms with Gasteiger partial charge in [-0.2, -0.15) is 0 Å². The molecular formula is C16H20N2O. The van der Waals surface area contributed by atoms with Crippen LogP contribution in [0.1, 0.15) is 18.4 Å². The number of hydrogen-bond donors (Lipinski definition) is 2. The molecule has 1 aliphatic carbocycles. The molecule has 2 fully saturated rings. The molecule has 4 rings (SSSR count). The molecular weight excluding hydrogens is 236 g/mol. The fourth-order valence-corrected chi connectivity index (χ4v) is 4.00. The Balaban J connectivity index is 1.51. The Morgan fingerprint density at radius 2 is 1.89 bits per heavy atom. The number of likely N-dealkylation sites (tertiary alicyclic amines) is 1. The van der Waals surface area contributed by atoms with Crippen LogP contribution in [-0.2, 0) is 6.54 Å². The van der Waals surface area contributed by atoms with Crippen molar-refractivity contribution in [2.75, 3.05) is 13.1 Å². The van der Waals surface area contributed by atoms with Crippen LogP contribution in [0.4, 0.5) is 0 Å². The van der Waals surface area contributed by atoms with Crippen molar-refractivity contribution in [2.24, 2.45) is 11.8 Å². The molecule has 0 amide bonds. The number of aliphatic hydroxyl groups excluding tert-OH is 1.